The van der Waals surface area contributed by atoms with Crippen LogP contribution in [0, 0.1) is 5.82 Å². The molecule has 0 radical (unpaired) electrons. The van der Waals surface area contributed by atoms with Crippen LogP contribution in [0.2, 0.25) is 10.0 Å². The molecular weight excluding hydrogens is 598 g/mol. The summed E-state index contributed by atoms with van der Waals surface area (Å²) in [6.45, 7) is -0.00679. The second-order valence-electron chi connectivity index (χ2n) is 9.82. The van der Waals surface area contributed by atoms with Crippen LogP contribution in [-0.2, 0) is 27.3 Å². The van der Waals surface area contributed by atoms with E-state index in [-0.39, 0.29) is 60.3 Å². The van der Waals surface area contributed by atoms with Gasteiger partial charge in [0.1, 0.15) is 12.1 Å². The molecule has 2 N–H and O–H groups in total. The molecule has 1 aliphatic rings. The minimum absolute atomic E-state index is 0.0399. The van der Waals surface area contributed by atoms with Gasteiger partial charge in [-0.25, -0.2) is 4.39 Å². The summed E-state index contributed by atoms with van der Waals surface area (Å²) in [4.78, 5) is 57.0. The van der Waals surface area contributed by atoms with Gasteiger partial charge in [0, 0.05) is 42.8 Å². The van der Waals surface area contributed by atoms with Crippen LogP contribution in [0.1, 0.15) is 40.7 Å². The van der Waals surface area contributed by atoms with Gasteiger partial charge in [-0.05, 0) is 35.2 Å². The normalized spacial score (nSPS) is 14.6. The van der Waals surface area contributed by atoms with E-state index in [2.05, 4.69) is 20.7 Å². The first-order chi connectivity index (χ1) is 20.7. The van der Waals surface area contributed by atoms with Crippen molar-refractivity contribution in [2.45, 2.75) is 44.3 Å². The van der Waals surface area contributed by atoms with Crippen molar-refractivity contribution in [2.24, 2.45) is 5.11 Å². The highest BCUT2D eigenvalue weighted by Crippen LogP contribution is 2.30. The van der Waals surface area contributed by atoms with Crippen LogP contribution >= 0.6 is 23.2 Å². The standard InChI is InChI=1S/C30H27Cl2FN6O4/c31-21-10-11-22(28(33)27(21)32)36-29(42)23(14-15-35-38-34)37-30(43)24-16-19-8-4-5-9-20(19)17-39(24)26(41)13-12-25(40)18-6-2-1-3-7-18/h1-11,23-24H,12-17H2,(H,36,42)(H,37,43). The lowest BCUT2D eigenvalue weighted by Gasteiger charge is -2.36. The van der Waals surface area contributed by atoms with Crippen LogP contribution in [0.25, 0.3) is 10.4 Å². The number of rotatable bonds is 11. The van der Waals surface area contributed by atoms with E-state index in [1.54, 1.807) is 30.3 Å². The van der Waals surface area contributed by atoms with Crippen molar-refractivity contribution in [1.29, 1.82) is 0 Å². The number of benzene rings is 3. The van der Waals surface area contributed by atoms with Gasteiger partial charge in [0.25, 0.3) is 0 Å². The number of halogens is 3. The summed E-state index contributed by atoms with van der Waals surface area (Å²) < 4.78 is 14.6. The molecule has 1 aliphatic heterocycles. The van der Waals surface area contributed by atoms with Crippen LogP contribution in [0.5, 0.6) is 0 Å². The number of Topliss-reactive ketones (excluding diaryl/α,β-unsaturated/α-hetero) is 1. The van der Waals surface area contributed by atoms with Crippen molar-refractivity contribution in [1.82, 2.24) is 10.2 Å². The number of ketones is 1. The molecule has 1 heterocycles. The van der Waals surface area contributed by atoms with Crippen molar-refractivity contribution in [3.63, 3.8) is 0 Å². The molecule has 0 aromatic heterocycles. The Morgan fingerprint density at radius 2 is 1.70 bits per heavy atom. The van der Waals surface area contributed by atoms with E-state index in [1.165, 1.54) is 17.0 Å². The second-order valence-corrected chi connectivity index (χ2v) is 10.6. The molecule has 0 aliphatic carbocycles. The largest absolute Gasteiger partial charge is 0.342 e. The van der Waals surface area contributed by atoms with E-state index in [9.17, 15) is 23.6 Å². The number of nitrogens with zero attached hydrogens (tertiary/aromatic N) is 4. The van der Waals surface area contributed by atoms with Crippen molar-refractivity contribution in [2.75, 3.05) is 11.9 Å². The Balaban J connectivity index is 1.53. The number of azide groups is 1. The molecule has 0 spiro atoms. The van der Waals surface area contributed by atoms with Crippen LogP contribution in [-0.4, -0.2) is 47.0 Å². The van der Waals surface area contributed by atoms with Gasteiger partial charge in [-0.1, -0.05) is 82.9 Å². The molecule has 0 saturated carbocycles. The van der Waals surface area contributed by atoms with Crippen LogP contribution in [0.4, 0.5) is 10.1 Å². The molecule has 0 bridgehead atoms. The lowest BCUT2D eigenvalue weighted by atomic mass is 9.92. The molecule has 222 valence electrons. The maximum Gasteiger partial charge on any atom is 0.247 e. The first-order valence-corrected chi connectivity index (χ1v) is 14.1. The third-order valence-electron chi connectivity index (χ3n) is 7.04. The summed E-state index contributed by atoms with van der Waals surface area (Å²) in [5.41, 5.74) is 10.7. The lowest BCUT2D eigenvalue weighted by molar-refractivity contribution is -0.142. The Morgan fingerprint density at radius 3 is 2.42 bits per heavy atom. The van der Waals surface area contributed by atoms with E-state index < -0.39 is 35.6 Å². The zero-order chi connectivity index (χ0) is 30.9. The van der Waals surface area contributed by atoms with Gasteiger partial charge in [-0.3, -0.25) is 19.2 Å². The van der Waals surface area contributed by atoms with Crippen molar-refractivity contribution >= 4 is 52.4 Å². The zero-order valence-corrected chi connectivity index (χ0v) is 24.3. The molecule has 3 aromatic rings. The second kappa shape index (κ2) is 14.6. The third-order valence-corrected chi connectivity index (χ3v) is 7.82. The van der Waals surface area contributed by atoms with E-state index in [4.69, 9.17) is 28.7 Å². The summed E-state index contributed by atoms with van der Waals surface area (Å²) in [5, 5.41) is 8.05. The Morgan fingerprint density at radius 1 is 1.00 bits per heavy atom. The number of nitrogens with one attached hydrogen (secondary N) is 2. The molecule has 13 heteroatoms. The van der Waals surface area contributed by atoms with Crippen molar-refractivity contribution in [3.8, 4) is 0 Å². The molecule has 0 fully saturated rings. The van der Waals surface area contributed by atoms with Crippen LogP contribution in [0.15, 0.2) is 71.8 Å². The predicted octanol–water partition coefficient (Wildman–Crippen LogP) is 5.87. The van der Waals surface area contributed by atoms with Gasteiger partial charge in [0.15, 0.2) is 11.6 Å². The highest BCUT2D eigenvalue weighted by atomic mass is 35.5. The first-order valence-electron chi connectivity index (χ1n) is 13.4. The molecular formula is C30H27Cl2FN6O4. The Labute approximate surface area is 256 Å². The summed E-state index contributed by atoms with van der Waals surface area (Å²) in [7, 11) is 0. The fraction of sp³-hybridized carbons (Fsp3) is 0.267. The zero-order valence-electron chi connectivity index (χ0n) is 22.8. The molecule has 2 unspecified atom stereocenters. The molecule has 3 aromatic carbocycles. The summed E-state index contributed by atoms with van der Waals surface area (Å²) >= 11 is 11.7. The number of hydrogen-bond donors (Lipinski definition) is 2. The molecule has 3 amide bonds. The number of anilines is 1. The van der Waals surface area contributed by atoms with Crippen molar-refractivity contribution < 1.29 is 23.6 Å². The van der Waals surface area contributed by atoms with Gasteiger partial charge in [0.05, 0.1) is 15.7 Å². The monoisotopic (exact) mass is 624 g/mol. The average Bonchev–Trinajstić information content (AvgIpc) is 3.02. The fourth-order valence-corrected chi connectivity index (χ4v) is 5.07. The molecule has 43 heavy (non-hydrogen) atoms. The van der Waals surface area contributed by atoms with Crippen molar-refractivity contribution in [3.05, 3.63) is 110 Å². The van der Waals surface area contributed by atoms with Crippen LogP contribution < -0.4 is 10.6 Å². The minimum Gasteiger partial charge on any atom is -0.342 e. The number of fused-ring (bicyclic) bond motifs is 1. The number of carbonyl (C=O) groups is 4. The van der Waals surface area contributed by atoms with Gasteiger partial charge in [-0.15, -0.1) is 0 Å². The highest BCUT2D eigenvalue weighted by molar-refractivity contribution is 6.42. The summed E-state index contributed by atoms with van der Waals surface area (Å²) in [6.07, 6.45) is -0.0846. The quantitative estimate of drug-likeness (QED) is 0.0903. The third kappa shape index (κ3) is 7.90. The summed E-state index contributed by atoms with van der Waals surface area (Å²) in [6, 6.07) is 16.3. The van der Waals surface area contributed by atoms with E-state index in [1.807, 2.05) is 24.3 Å². The van der Waals surface area contributed by atoms with E-state index in [0.717, 1.165) is 11.1 Å². The van der Waals surface area contributed by atoms with E-state index in [0.29, 0.717) is 5.56 Å². The number of hydrogen-bond acceptors (Lipinski definition) is 5. The predicted molar refractivity (Wildman–Crippen MR) is 160 cm³/mol. The fourth-order valence-electron chi connectivity index (χ4n) is 4.76. The molecule has 0 saturated heterocycles. The van der Waals surface area contributed by atoms with Gasteiger partial charge in [-0.2, -0.15) is 0 Å². The molecule has 10 nitrogen and oxygen atoms in total. The highest BCUT2D eigenvalue weighted by Gasteiger charge is 2.36. The Hall–Kier alpha value is -4.44. The Bertz CT molecular complexity index is 1580. The lowest BCUT2D eigenvalue weighted by Crippen LogP contribution is -2.56. The maximum absolute atomic E-state index is 14.6. The van der Waals surface area contributed by atoms with Gasteiger partial charge in [0.2, 0.25) is 17.7 Å². The number of amides is 3. The smallest absolute Gasteiger partial charge is 0.247 e. The number of carbonyl (C=O) groups excluding carboxylic acids is 4. The molecule has 4 rings (SSSR count). The van der Waals surface area contributed by atoms with E-state index >= 15 is 0 Å². The molecule has 2 atom stereocenters. The maximum atomic E-state index is 14.6. The van der Waals surface area contributed by atoms with Crippen LogP contribution in [0.3, 0.4) is 0 Å². The van der Waals surface area contributed by atoms with Gasteiger partial charge < -0.3 is 15.5 Å². The topological polar surface area (TPSA) is 144 Å². The van der Waals surface area contributed by atoms with Gasteiger partial charge >= 0.3 is 0 Å². The SMILES string of the molecule is [N-]=[N+]=NCCC(NC(=O)C1Cc2ccccc2CN1C(=O)CCC(=O)c1ccccc1)C(=O)Nc1ccc(Cl)c(Cl)c1F. The summed E-state index contributed by atoms with van der Waals surface area (Å²) in [5.74, 6) is -2.97. The average molecular weight is 625 g/mol. The minimum atomic E-state index is -1.25. The first kappa shape index (κ1) is 31.5. The Kier molecular flexibility index (Phi) is 10.7.